The van der Waals surface area contributed by atoms with E-state index in [1.807, 2.05) is 19.9 Å². The number of furan rings is 1. The van der Waals surface area contributed by atoms with Crippen LogP contribution in [-0.2, 0) is 20.8 Å². The third-order valence-electron chi connectivity index (χ3n) is 6.03. The molecule has 0 N–H and O–H groups in total. The van der Waals surface area contributed by atoms with Gasteiger partial charge in [0.25, 0.3) is 0 Å². The number of ether oxygens (including phenoxy) is 2. The van der Waals surface area contributed by atoms with Gasteiger partial charge in [0, 0.05) is 46.3 Å². The van der Waals surface area contributed by atoms with E-state index in [0.29, 0.717) is 26.2 Å². The zero-order chi connectivity index (χ0) is 22.4. The highest BCUT2D eigenvalue weighted by molar-refractivity contribution is 5.77. The maximum Gasteiger partial charge on any atom is 0.248 e. The van der Waals surface area contributed by atoms with Crippen molar-refractivity contribution in [1.29, 1.82) is 0 Å². The summed E-state index contributed by atoms with van der Waals surface area (Å²) >= 11 is 0. The van der Waals surface area contributed by atoms with Crippen LogP contribution in [0, 0.1) is 25.6 Å². The molecule has 2 heterocycles. The second-order valence-electron chi connectivity index (χ2n) is 8.33. The van der Waals surface area contributed by atoms with E-state index in [9.17, 15) is 9.18 Å². The number of carbonyl (C=O) groups is 1. The fourth-order valence-corrected chi connectivity index (χ4v) is 4.35. The molecular weight excluding hydrogens is 399 g/mol. The number of nitrogens with zero attached hydrogens (tertiary/aromatic N) is 2. The number of benzene rings is 1. The van der Waals surface area contributed by atoms with E-state index in [0.717, 1.165) is 35.7 Å². The van der Waals surface area contributed by atoms with Crippen molar-refractivity contribution in [3.05, 3.63) is 58.8 Å². The van der Waals surface area contributed by atoms with E-state index in [1.54, 1.807) is 24.1 Å². The predicted molar refractivity (Wildman–Crippen MR) is 116 cm³/mol. The standard InChI is InChI=1S/C24H33FN2O4/c1-17-10-22(31-18(17)2)14-26-12-20(13-27(8-9-29-3)24(28)16-30-4)23(15-26)19-6-5-7-21(25)11-19/h5-7,10-11,20,23H,8-9,12-16H2,1-4H3/t20-,23-/m1/s1. The summed E-state index contributed by atoms with van der Waals surface area (Å²) in [6.07, 6.45) is 0. The van der Waals surface area contributed by atoms with Gasteiger partial charge in [-0.15, -0.1) is 0 Å². The number of methoxy groups -OCH3 is 2. The molecule has 170 valence electrons. The highest BCUT2D eigenvalue weighted by Crippen LogP contribution is 2.35. The fraction of sp³-hybridized carbons (Fsp3) is 0.542. The molecule has 2 aromatic rings. The van der Waals surface area contributed by atoms with Gasteiger partial charge in [-0.05, 0) is 49.1 Å². The van der Waals surface area contributed by atoms with Gasteiger partial charge in [-0.1, -0.05) is 12.1 Å². The van der Waals surface area contributed by atoms with E-state index in [1.165, 1.54) is 13.2 Å². The van der Waals surface area contributed by atoms with E-state index in [-0.39, 0.29) is 30.2 Å². The second kappa shape index (κ2) is 10.9. The quantitative estimate of drug-likeness (QED) is 0.576. The number of rotatable bonds is 10. The van der Waals surface area contributed by atoms with Crippen LogP contribution in [0.25, 0.3) is 0 Å². The third-order valence-corrected chi connectivity index (χ3v) is 6.03. The van der Waals surface area contributed by atoms with Crippen molar-refractivity contribution in [3.63, 3.8) is 0 Å². The van der Waals surface area contributed by atoms with E-state index >= 15 is 0 Å². The minimum absolute atomic E-state index is 0.0374. The van der Waals surface area contributed by atoms with Gasteiger partial charge >= 0.3 is 0 Å². The van der Waals surface area contributed by atoms with Gasteiger partial charge < -0.3 is 18.8 Å². The number of aryl methyl sites for hydroxylation is 2. The molecule has 7 heteroatoms. The molecule has 3 rings (SSSR count). The highest BCUT2D eigenvalue weighted by atomic mass is 19.1. The lowest BCUT2D eigenvalue weighted by atomic mass is 9.88. The first-order valence-electron chi connectivity index (χ1n) is 10.7. The van der Waals surface area contributed by atoms with Crippen LogP contribution in [0.2, 0.25) is 0 Å². The normalized spacial score (nSPS) is 19.1. The molecule has 0 saturated carbocycles. The Morgan fingerprint density at radius 3 is 2.68 bits per heavy atom. The van der Waals surface area contributed by atoms with Crippen molar-refractivity contribution < 1.29 is 23.1 Å². The average molecular weight is 433 g/mol. The molecular formula is C24H33FN2O4. The van der Waals surface area contributed by atoms with Gasteiger partial charge in [0.1, 0.15) is 23.9 Å². The SMILES string of the molecule is COCCN(C[C@H]1CN(Cc2cc(C)c(C)o2)C[C@@H]1c1cccc(F)c1)C(=O)COC. The van der Waals surface area contributed by atoms with Crippen LogP contribution in [0.4, 0.5) is 4.39 Å². The van der Waals surface area contributed by atoms with Crippen LogP contribution in [0.3, 0.4) is 0 Å². The molecule has 6 nitrogen and oxygen atoms in total. The first kappa shape index (κ1) is 23.4. The van der Waals surface area contributed by atoms with Gasteiger partial charge in [-0.3, -0.25) is 9.69 Å². The molecule has 0 bridgehead atoms. The molecule has 1 aromatic carbocycles. The Morgan fingerprint density at radius 2 is 2.03 bits per heavy atom. The van der Waals surface area contributed by atoms with Gasteiger partial charge in [0.05, 0.1) is 13.2 Å². The Bertz CT molecular complexity index is 850. The number of hydrogen-bond donors (Lipinski definition) is 0. The van der Waals surface area contributed by atoms with Crippen molar-refractivity contribution in [2.24, 2.45) is 5.92 Å². The topological polar surface area (TPSA) is 55.2 Å². The summed E-state index contributed by atoms with van der Waals surface area (Å²) in [6, 6.07) is 8.88. The minimum Gasteiger partial charge on any atom is -0.465 e. The molecule has 1 aliphatic heterocycles. The Kier molecular flexibility index (Phi) is 8.23. The molecule has 31 heavy (non-hydrogen) atoms. The number of likely N-dealkylation sites (tertiary alicyclic amines) is 1. The summed E-state index contributed by atoms with van der Waals surface area (Å²) in [6.45, 7) is 7.85. The number of carbonyl (C=O) groups excluding carboxylic acids is 1. The molecule has 2 atom stereocenters. The average Bonchev–Trinajstić information content (AvgIpc) is 3.27. The number of hydrogen-bond acceptors (Lipinski definition) is 5. The summed E-state index contributed by atoms with van der Waals surface area (Å²) in [4.78, 5) is 16.7. The molecule has 1 aliphatic rings. The van der Waals surface area contributed by atoms with E-state index in [2.05, 4.69) is 11.0 Å². The maximum absolute atomic E-state index is 14.0. The second-order valence-corrected chi connectivity index (χ2v) is 8.33. The van der Waals surface area contributed by atoms with Crippen molar-refractivity contribution in [3.8, 4) is 0 Å². The van der Waals surface area contributed by atoms with Gasteiger partial charge in [0.15, 0.2) is 0 Å². The lowest BCUT2D eigenvalue weighted by Gasteiger charge is -2.28. The number of amides is 1. The van der Waals surface area contributed by atoms with Crippen molar-refractivity contribution in [2.75, 3.05) is 53.6 Å². The predicted octanol–water partition coefficient (Wildman–Crippen LogP) is 3.37. The molecule has 1 fully saturated rings. The zero-order valence-corrected chi connectivity index (χ0v) is 18.9. The van der Waals surface area contributed by atoms with Crippen LogP contribution in [0.15, 0.2) is 34.7 Å². The molecule has 1 aromatic heterocycles. The summed E-state index contributed by atoms with van der Waals surface area (Å²) < 4.78 is 30.1. The summed E-state index contributed by atoms with van der Waals surface area (Å²) in [7, 11) is 3.14. The van der Waals surface area contributed by atoms with Crippen LogP contribution >= 0.6 is 0 Å². The lowest BCUT2D eigenvalue weighted by molar-refractivity contribution is -0.136. The molecule has 0 aliphatic carbocycles. The Balaban J connectivity index is 1.79. The molecule has 0 unspecified atom stereocenters. The third kappa shape index (κ3) is 6.15. The first-order chi connectivity index (χ1) is 14.9. The summed E-state index contributed by atoms with van der Waals surface area (Å²) in [5.41, 5.74) is 2.11. The van der Waals surface area contributed by atoms with Gasteiger partial charge in [0.2, 0.25) is 5.91 Å². The van der Waals surface area contributed by atoms with Crippen molar-refractivity contribution in [1.82, 2.24) is 9.80 Å². The Labute approximate surface area is 183 Å². The molecule has 1 amide bonds. The molecule has 0 radical (unpaired) electrons. The van der Waals surface area contributed by atoms with E-state index < -0.39 is 0 Å². The maximum atomic E-state index is 14.0. The summed E-state index contributed by atoms with van der Waals surface area (Å²) in [5, 5.41) is 0. The smallest absolute Gasteiger partial charge is 0.248 e. The molecule has 1 saturated heterocycles. The van der Waals surface area contributed by atoms with Gasteiger partial charge in [-0.2, -0.15) is 0 Å². The van der Waals surface area contributed by atoms with Crippen molar-refractivity contribution in [2.45, 2.75) is 26.3 Å². The highest BCUT2D eigenvalue weighted by Gasteiger charge is 2.36. The van der Waals surface area contributed by atoms with Crippen LogP contribution in [0.5, 0.6) is 0 Å². The molecule has 0 spiro atoms. The Hall–Kier alpha value is -2.22. The Morgan fingerprint density at radius 1 is 1.23 bits per heavy atom. The van der Waals surface area contributed by atoms with E-state index in [4.69, 9.17) is 13.9 Å². The zero-order valence-electron chi connectivity index (χ0n) is 18.9. The summed E-state index contributed by atoms with van der Waals surface area (Å²) in [5.74, 6) is 1.85. The first-order valence-corrected chi connectivity index (χ1v) is 10.7. The minimum atomic E-state index is -0.237. The lowest BCUT2D eigenvalue weighted by Crippen LogP contribution is -2.41. The largest absolute Gasteiger partial charge is 0.465 e. The van der Waals surface area contributed by atoms with Crippen LogP contribution in [0.1, 0.15) is 28.6 Å². The van der Waals surface area contributed by atoms with Crippen LogP contribution in [-0.4, -0.2) is 69.3 Å². The van der Waals surface area contributed by atoms with Crippen LogP contribution < -0.4 is 0 Å². The monoisotopic (exact) mass is 432 g/mol. The number of halogens is 1. The fourth-order valence-electron chi connectivity index (χ4n) is 4.35. The van der Waals surface area contributed by atoms with Gasteiger partial charge in [-0.25, -0.2) is 4.39 Å². The van der Waals surface area contributed by atoms with Crippen molar-refractivity contribution >= 4 is 5.91 Å².